The van der Waals surface area contributed by atoms with Gasteiger partial charge < -0.3 is 25.0 Å². The molecule has 0 saturated carbocycles. The Morgan fingerprint density at radius 1 is 1.16 bits per heavy atom. The average Bonchev–Trinajstić information content (AvgIpc) is 2.82. The van der Waals surface area contributed by atoms with Gasteiger partial charge in [-0.2, -0.15) is 0 Å². The van der Waals surface area contributed by atoms with Gasteiger partial charge >= 0.3 is 6.09 Å². The zero-order valence-corrected chi connectivity index (χ0v) is 19.8. The molecule has 1 unspecified atom stereocenters. The van der Waals surface area contributed by atoms with Gasteiger partial charge in [0.25, 0.3) is 0 Å². The molecule has 1 aromatic carbocycles. The van der Waals surface area contributed by atoms with Gasteiger partial charge in [0.2, 0.25) is 0 Å². The molecule has 3 rings (SSSR count). The SMILES string of the molecule is CCNC(=NCC(c1ccc(C)cc1)N1CCOCC1)NC1CCN(C(=O)OCC)CC1. The van der Waals surface area contributed by atoms with E-state index in [1.165, 1.54) is 11.1 Å². The van der Waals surface area contributed by atoms with Crippen LogP contribution in [0.15, 0.2) is 29.3 Å². The van der Waals surface area contributed by atoms with Crippen molar-refractivity contribution in [3.63, 3.8) is 0 Å². The zero-order chi connectivity index (χ0) is 22.8. The van der Waals surface area contributed by atoms with Crippen LogP contribution in [0.1, 0.15) is 43.9 Å². The average molecular weight is 446 g/mol. The first-order valence-electron chi connectivity index (χ1n) is 12.0. The molecule has 0 spiro atoms. The van der Waals surface area contributed by atoms with E-state index in [-0.39, 0.29) is 12.1 Å². The lowest BCUT2D eigenvalue weighted by Crippen LogP contribution is -2.50. The van der Waals surface area contributed by atoms with Crippen molar-refractivity contribution in [1.29, 1.82) is 0 Å². The van der Waals surface area contributed by atoms with Crippen molar-refractivity contribution in [3.8, 4) is 0 Å². The van der Waals surface area contributed by atoms with Gasteiger partial charge in [-0.3, -0.25) is 9.89 Å². The van der Waals surface area contributed by atoms with Gasteiger partial charge in [-0.25, -0.2) is 4.79 Å². The Morgan fingerprint density at radius 2 is 1.84 bits per heavy atom. The fourth-order valence-corrected chi connectivity index (χ4v) is 4.22. The van der Waals surface area contributed by atoms with Crippen LogP contribution >= 0.6 is 0 Å². The molecule has 2 aliphatic rings. The molecule has 2 N–H and O–H groups in total. The van der Waals surface area contributed by atoms with E-state index < -0.39 is 0 Å². The van der Waals surface area contributed by atoms with Gasteiger partial charge in [-0.15, -0.1) is 0 Å². The van der Waals surface area contributed by atoms with E-state index in [0.717, 1.165) is 51.6 Å². The highest BCUT2D eigenvalue weighted by molar-refractivity contribution is 5.80. The molecule has 0 aliphatic carbocycles. The van der Waals surface area contributed by atoms with Crippen molar-refractivity contribution in [3.05, 3.63) is 35.4 Å². The Balaban J connectivity index is 1.63. The Bertz CT molecular complexity index is 726. The second-order valence-corrected chi connectivity index (χ2v) is 8.40. The minimum atomic E-state index is -0.210. The number of nitrogens with zero attached hydrogens (tertiary/aromatic N) is 3. The van der Waals surface area contributed by atoms with Crippen LogP contribution in [-0.4, -0.2) is 87.0 Å². The molecule has 0 radical (unpaired) electrons. The summed E-state index contributed by atoms with van der Waals surface area (Å²) in [5.74, 6) is 0.840. The first-order chi connectivity index (χ1) is 15.6. The van der Waals surface area contributed by atoms with Crippen LogP contribution in [0.2, 0.25) is 0 Å². The van der Waals surface area contributed by atoms with Crippen molar-refractivity contribution in [2.75, 3.05) is 59.1 Å². The summed E-state index contributed by atoms with van der Waals surface area (Å²) in [5.41, 5.74) is 2.56. The highest BCUT2D eigenvalue weighted by Crippen LogP contribution is 2.23. The maximum absolute atomic E-state index is 11.9. The van der Waals surface area contributed by atoms with Gasteiger partial charge in [0.05, 0.1) is 32.4 Å². The molecule has 2 fully saturated rings. The molecule has 8 nitrogen and oxygen atoms in total. The maximum atomic E-state index is 11.9. The van der Waals surface area contributed by atoms with Crippen LogP contribution in [0.3, 0.4) is 0 Å². The van der Waals surface area contributed by atoms with Gasteiger partial charge in [-0.05, 0) is 39.2 Å². The lowest BCUT2D eigenvalue weighted by atomic mass is 10.0. The quantitative estimate of drug-likeness (QED) is 0.496. The third-order valence-corrected chi connectivity index (χ3v) is 6.08. The van der Waals surface area contributed by atoms with E-state index in [9.17, 15) is 4.79 Å². The molecule has 0 bridgehead atoms. The fourth-order valence-electron chi connectivity index (χ4n) is 4.22. The molecule has 1 aromatic rings. The number of aliphatic imine (C=N–C) groups is 1. The molecule has 1 amide bonds. The molecular weight excluding hydrogens is 406 g/mol. The summed E-state index contributed by atoms with van der Waals surface area (Å²) in [5, 5.41) is 6.98. The first kappa shape index (κ1) is 24.3. The number of rotatable bonds is 7. The van der Waals surface area contributed by atoms with Gasteiger partial charge in [-0.1, -0.05) is 29.8 Å². The van der Waals surface area contributed by atoms with Gasteiger partial charge in [0.1, 0.15) is 0 Å². The monoisotopic (exact) mass is 445 g/mol. The van der Waals surface area contributed by atoms with Crippen molar-refractivity contribution in [1.82, 2.24) is 20.4 Å². The number of benzene rings is 1. The lowest BCUT2D eigenvalue weighted by molar-refractivity contribution is 0.0179. The Morgan fingerprint density at radius 3 is 2.47 bits per heavy atom. The molecular formula is C24H39N5O3. The van der Waals surface area contributed by atoms with Gasteiger partial charge in [0, 0.05) is 38.8 Å². The predicted molar refractivity (Wildman–Crippen MR) is 127 cm³/mol. The first-order valence-corrected chi connectivity index (χ1v) is 12.0. The number of carbonyl (C=O) groups excluding carboxylic acids is 1. The summed E-state index contributed by atoms with van der Waals surface area (Å²) in [7, 11) is 0. The number of guanidine groups is 1. The number of hydrogen-bond acceptors (Lipinski definition) is 5. The second-order valence-electron chi connectivity index (χ2n) is 8.40. The zero-order valence-electron chi connectivity index (χ0n) is 19.8. The molecule has 0 aromatic heterocycles. The highest BCUT2D eigenvalue weighted by atomic mass is 16.6. The van der Waals surface area contributed by atoms with E-state index in [1.807, 2.05) is 6.92 Å². The fraction of sp³-hybridized carbons (Fsp3) is 0.667. The summed E-state index contributed by atoms with van der Waals surface area (Å²) in [6.45, 7) is 12.7. The van der Waals surface area contributed by atoms with E-state index >= 15 is 0 Å². The number of hydrogen-bond donors (Lipinski definition) is 2. The molecule has 2 aliphatic heterocycles. The van der Waals surface area contributed by atoms with Crippen molar-refractivity contribution in [2.45, 2.75) is 45.7 Å². The maximum Gasteiger partial charge on any atom is 0.409 e. The molecule has 2 saturated heterocycles. The topological polar surface area (TPSA) is 78.4 Å². The third kappa shape index (κ3) is 7.10. The summed E-state index contributed by atoms with van der Waals surface area (Å²) < 4.78 is 10.7. The summed E-state index contributed by atoms with van der Waals surface area (Å²) >= 11 is 0. The third-order valence-electron chi connectivity index (χ3n) is 6.08. The van der Waals surface area contributed by atoms with Crippen LogP contribution in [-0.2, 0) is 9.47 Å². The number of likely N-dealkylation sites (tertiary alicyclic amines) is 1. The summed E-state index contributed by atoms with van der Waals surface area (Å²) in [6, 6.07) is 9.30. The Labute approximate surface area is 192 Å². The second kappa shape index (κ2) is 12.6. The number of morpholine rings is 1. The van der Waals surface area contributed by atoms with E-state index in [1.54, 1.807) is 4.90 Å². The molecule has 8 heteroatoms. The lowest BCUT2D eigenvalue weighted by Gasteiger charge is -2.34. The van der Waals surface area contributed by atoms with Crippen LogP contribution in [0.5, 0.6) is 0 Å². The number of piperidine rings is 1. The number of ether oxygens (including phenoxy) is 2. The molecule has 2 heterocycles. The Hall–Kier alpha value is -2.32. The van der Waals surface area contributed by atoms with Gasteiger partial charge in [0.15, 0.2) is 5.96 Å². The van der Waals surface area contributed by atoms with E-state index in [0.29, 0.717) is 32.3 Å². The predicted octanol–water partition coefficient (Wildman–Crippen LogP) is 2.54. The van der Waals surface area contributed by atoms with Crippen LogP contribution in [0.25, 0.3) is 0 Å². The summed E-state index contributed by atoms with van der Waals surface area (Å²) in [4.78, 5) is 21.2. The van der Waals surface area contributed by atoms with E-state index in [2.05, 4.69) is 53.6 Å². The smallest absolute Gasteiger partial charge is 0.409 e. The normalized spacial score (nSPS) is 19.5. The molecule has 178 valence electrons. The molecule has 32 heavy (non-hydrogen) atoms. The Kier molecular flexibility index (Phi) is 9.62. The van der Waals surface area contributed by atoms with Crippen LogP contribution in [0, 0.1) is 6.92 Å². The van der Waals surface area contributed by atoms with Crippen molar-refractivity contribution >= 4 is 12.1 Å². The highest BCUT2D eigenvalue weighted by Gasteiger charge is 2.25. The van der Waals surface area contributed by atoms with Crippen molar-refractivity contribution in [2.24, 2.45) is 4.99 Å². The standard InChI is InChI=1S/C24H39N5O3/c1-4-25-23(27-21-10-12-29(13-11-21)24(30)32-5-2)26-18-22(28-14-16-31-17-15-28)20-8-6-19(3)7-9-20/h6-9,21-22H,4-5,10-18H2,1-3H3,(H2,25,26,27). The molecule has 1 atom stereocenters. The van der Waals surface area contributed by atoms with Crippen LogP contribution < -0.4 is 10.6 Å². The van der Waals surface area contributed by atoms with Crippen molar-refractivity contribution < 1.29 is 14.3 Å². The minimum Gasteiger partial charge on any atom is -0.450 e. The van der Waals surface area contributed by atoms with E-state index in [4.69, 9.17) is 14.5 Å². The number of carbonyl (C=O) groups is 1. The largest absolute Gasteiger partial charge is 0.450 e. The number of nitrogens with one attached hydrogen (secondary N) is 2. The number of amides is 1. The van der Waals surface area contributed by atoms with Crippen LogP contribution in [0.4, 0.5) is 4.79 Å². The number of aryl methyl sites for hydroxylation is 1. The summed E-state index contributed by atoms with van der Waals surface area (Å²) in [6.07, 6.45) is 1.56. The minimum absolute atomic E-state index is 0.210.